The van der Waals surface area contributed by atoms with Gasteiger partial charge in [0.15, 0.2) is 5.82 Å². The van der Waals surface area contributed by atoms with Gasteiger partial charge in [-0.05, 0) is 30.4 Å². The van der Waals surface area contributed by atoms with Gasteiger partial charge in [0.05, 0.1) is 5.69 Å². The molecule has 0 spiro atoms. The normalized spacial score (nSPS) is 23.3. The zero-order valence-electron chi connectivity index (χ0n) is 9.76. The Kier molecular flexibility index (Phi) is 2.98. The molecule has 2 rings (SSSR count). The largest absolute Gasteiger partial charge is 0.396 e. The minimum Gasteiger partial charge on any atom is -0.396 e. The van der Waals surface area contributed by atoms with Crippen LogP contribution in [0.1, 0.15) is 33.1 Å². The molecule has 3 N–H and O–H groups in total. The summed E-state index contributed by atoms with van der Waals surface area (Å²) in [5.74, 6) is 0.715. The third-order valence-electron chi connectivity index (χ3n) is 3.46. The van der Waals surface area contributed by atoms with E-state index in [9.17, 15) is 0 Å². The Bertz CT molecular complexity index is 390. The van der Waals surface area contributed by atoms with Crippen molar-refractivity contribution in [3.05, 3.63) is 17.3 Å². The molecule has 0 amide bonds. The van der Waals surface area contributed by atoms with Crippen LogP contribution in [-0.4, -0.2) is 11.0 Å². The molecule has 1 fully saturated rings. The van der Waals surface area contributed by atoms with E-state index in [-0.39, 0.29) is 0 Å². The van der Waals surface area contributed by atoms with E-state index in [2.05, 4.69) is 24.1 Å². The Hall–Kier alpha value is -0.960. The van der Waals surface area contributed by atoms with Crippen LogP contribution in [0.15, 0.2) is 12.1 Å². The van der Waals surface area contributed by atoms with Crippen molar-refractivity contribution < 1.29 is 0 Å². The van der Waals surface area contributed by atoms with Crippen molar-refractivity contribution in [3.8, 4) is 0 Å². The lowest BCUT2D eigenvalue weighted by Crippen LogP contribution is -2.31. The predicted molar refractivity (Wildman–Crippen MR) is 68.7 cm³/mol. The molecule has 4 heteroatoms. The number of aromatic nitrogens is 1. The first-order valence-corrected chi connectivity index (χ1v) is 6.05. The van der Waals surface area contributed by atoms with Gasteiger partial charge in [-0.15, -0.1) is 0 Å². The number of anilines is 2. The van der Waals surface area contributed by atoms with Crippen LogP contribution in [0.25, 0.3) is 0 Å². The quantitative estimate of drug-likeness (QED) is 0.779. The first kappa shape index (κ1) is 11.5. The summed E-state index contributed by atoms with van der Waals surface area (Å²) in [5.41, 5.74) is 6.83. The lowest BCUT2D eigenvalue weighted by atomic mass is 9.87. The third kappa shape index (κ3) is 2.24. The first-order valence-electron chi connectivity index (χ1n) is 5.67. The van der Waals surface area contributed by atoms with Crippen molar-refractivity contribution in [2.24, 2.45) is 5.41 Å². The smallest absolute Gasteiger partial charge is 0.151 e. The standard InChI is InChI=1S/C12H18ClN3/c1-12(2)7-3-4-9(12)15-11-8(14)5-6-10(13)16-11/h5-6,9H,3-4,7,14H2,1-2H3,(H,15,16). The van der Waals surface area contributed by atoms with Crippen LogP contribution in [0.4, 0.5) is 11.5 Å². The number of hydrogen-bond donors (Lipinski definition) is 2. The average molecular weight is 240 g/mol. The number of nitrogens with two attached hydrogens (primary N) is 1. The molecule has 1 aromatic heterocycles. The Morgan fingerprint density at radius 1 is 1.50 bits per heavy atom. The Morgan fingerprint density at radius 3 is 2.88 bits per heavy atom. The van der Waals surface area contributed by atoms with Crippen molar-refractivity contribution in [1.82, 2.24) is 4.98 Å². The molecule has 3 nitrogen and oxygen atoms in total. The van der Waals surface area contributed by atoms with Gasteiger partial charge < -0.3 is 11.1 Å². The Balaban J connectivity index is 2.17. The molecular formula is C12H18ClN3. The van der Waals surface area contributed by atoms with Crippen molar-refractivity contribution >= 4 is 23.1 Å². The fraction of sp³-hybridized carbons (Fsp3) is 0.583. The van der Waals surface area contributed by atoms with Gasteiger partial charge in [0, 0.05) is 6.04 Å². The predicted octanol–water partition coefficient (Wildman–Crippen LogP) is 3.31. The van der Waals surface area contributed by atoms with E-state index in [4.69, 9.17) is 17.3 Å². The van der Waals surface area contributed by atoms with Crippen molar-refractivity contribution in [3.63, 3.8) is 0 Å². The second kappa shape index (κ2) is 4.13. The molecule has 88 valence electrons. The molecule has 1 atom stereocenters. The fourth-order valence-electron chi connectivity index (χ4n) is 2.32. The minimum absolute atomic E-state index is 0.302. The topological polar surface area (TPSA) is 50.9 Å². The van der Waals surface area contributed by atoms with Gasteiger partial charge in [-0.25, -0.2) is 4.98 Å². The highest BCUT2D eigenvalue weighted by molar-refractivity contribution is 6.29. The highest BCUT2D eigenvalue weighted by atomic mass is 35.5. The summed E-state index contributed by atoms with van der Waals surface area (Å²) in [6.45, 7) is 4.55. The summed E-state index contributed by atoms with van der Waals surface area (Å²) in [6, 6.07) is 3.93. The van der Waals surface area contributed by atoms with Gasteiger partial charge in [0.25, 0.3) is 0 Å². The summed E-state index contributed by atoms with van der Waals surface area (Å²) in [6.07, 6.45) is 3.66. The van der Waals surface area contributed by atoms with Gasteiger partial charge >= 0.3 is 0 Å². The number of pyridine rings is 1. The second-order valence-corrected chi connectivity index (χ2v) is 5.54. The fourth-order valence-corrected chi connectivity index (χ4v) is 2.47. The van der Waals surface area contributed by atoms with Crippen LogP contribution in [-0.2, 0) is 0 Å². The van der Waals surface area contributed by atoms with Crippen LogP contribution in [0.5, 0.6) is 0 Å². The SMILES string of the molecule is CC1(C)CCCC1Nc1nc(Cl)ccc1N. The monoisotopic (exact) mass is 239 g/mol. The summed E-state index contributed by atoms with van der Waals surface area (Å²) in [5, 5.41) is 3.90. The van der Waals surface area contributed by atoms with Gasteiger partial charge in [0.2, 0.25) is 0 Å². The lowest BCUT2D eigenvalue weighted by Gasteiger charge is -2.28. The van der Waals surface area contributed by atoms with E-state index in [0.717, 1.165) is 0 Å². The maximum absolute atomic E-state index is 5.87. The van der Waals surface area contributed by atoms with Crippen molar-refractivity contribution in [1.29, 1.82) is 0 Å². The number of nitrogens with one attached hydrogen (secondary N) is 1. The number of rotatable bonds is 2. The Morgan fingerprint density at radius 2 is 2.25 bits per heavy atom. The molecule has 1 heterocycles. The highest BCUT2D eigenvalue weighted by Gasteiger charge is 2.34. The molecule has 0 bridgehead atoms. The van der Waals surface area contributed by atoms with E-state index in [1.807, 2.05) is 0 Å². The highest BCUT2D eigenvalue weighted by Crippen LogP contribution is 2.39. The first-order chi connectivity index (χ1) is 7.49. The van der Waals surface area contributed by atoms with E-state index in [1.54, 1.807) is 12.1 Å². The van der Waals surface area contributed by atoms with E-state index in [0.29, 0.717) is 28.1 Å². The molecule has 1 aliphatic carbocycles. The molecule has 0 saturated heterocycles. The number of nitrogens with zero attached hydrogens (tertiary/aromatic N) is 1. The van der Waals surface area contributed by atoms with Gasteiger partial charge in [-0.2, -0.15) is 0 Å². The van der Waals surface area contributed by atoms with E-state index in [1.165, 1.54) is 19.3 Å². The molecule has 1 unspecified atom stereocenters. The van der Waals surface area contributed by atoms with Gasteiger partial charge in [-0.3, -0.25) is 0 Å². The summed E-state index contributed by atoms with van der Waals surface area (Å²) in [4.78, 5) is 4.23. The minimum atomic E-state index is 0.302. The maximum atomic E-state index is 5.87. The summed E-state index contributed by atoms with van der Waals surface area (Å²) < 4.78 is 0. The molecule has 0 aliphatic heterocycles. The molecule has 1 saturated carbocycles. The summed E-state index contributed by atoms with van der Waals surface area (Å²) in [7, 11) is 0. The van der Waals surface area contributed by atoms with Gasteiger partial charge in [-0.1, -0.05) is 31.9 Å². The molecule has 16 heavy (non-hydrogen) atoms. The van der Waals surface area contributed by atoms with Crippen LogP contribution < -0.4 is 11.1 Å². The van der Waals surface area contributed by atoms with Crippen molar-refractivity contribution in [2.45, 2.75) is 39.2 Å². The van der Waals surface area contributed by atoms with E-state index < -0.39 is 0 Å². The third-order valence-corrected chi connectivity index (χ3v) is 3.67. The zero-order valence-corrected chi connectivity index (χ0v) is 10.5. The molecule has 0 radical (unpaired) electrons. The van der Waals surface area contributed by atoms with Crippen LogP contribution in [0.3, 0.4) is 0 Å². The van der Waals surface area contributed by atoms with Crippen LogP contribution >= 0.6 is 11.6 Å². The number of hydrogen-bond acceptors (Lipinski definition) is 3. The van der Waals surface area contributed by atoms with Crippen LogP contribution in [0.2, 0.25) is 5.15 Å². The maximum Gasteiger partial charge on any atom is 0.151 e. The second-order valence-electron chi connectivity index (χ2n) is 5.15. The molecule has 0 aromatic carbocycles. The van der Waals surface area contributed by atoms with Gasteiger partial charge in [0.1, 0.15) is 5.15 Å². The summed E-state index contributed by atoms with van der Waals surface area (Å²) >= 11 is 5.87. The number of halogens is 1. The molecular weight excluding hydrogens is 222 g/mol. The lowest BCUT2D eigenvalue weighted by molar-refractivity contribution is 0.349. The number of nitrogen functional groups attached to an aromatic ring is 1. The molecule has 1 aromatic rings. The Labute approximate surface area is 101 Å². The van der Waals surface area contributed by atoms with Crippen LogP contribution in [0, 0.1) is 5.41 Å². The zero-order chi connectivity index (χ0) is 11.8. The van der Waals surface area contributed by atoms with E-state index >= 15 is 0 Å². The average Bonchev–Trinajstić information content (AvgIpc) is 2.52. The van der Waals surface area contributed by atoms with Crippen molar-refractivity contribution in [2.75, 3.05) is 11.1 Å². The molecule has 1 aliphatic rings.